The zero-order valence-corrected chi connectivity index (χ0v) is 16.9. The standard InChI is InChI=1S/C20H19N3O3S2/c1-27-15-6-4-13(5-7-15)16-9-18(24)23-20(17(16)10-21)28-12-19(25)22-11-14-3-2-8-26-14/h2-8,16H,9,11-12H2,1H3,(H,22,25)(H,23,24)/t16-/m1/s1. The van der Waals surface area contributed by atoms with Gasteiger partial charge in [-0.1, -0.05) is 23.9 Å². The van der Waals surface area contributed by atoms with Gasteiger partial charge < -0.3 is 15.1 Å². The smallest absolute Gasteiger partial charge is 0.230 e. The van der Waals surface area contributed by atoms with Crippen LogP contribution < -0.4 is 10.6 Å². The highest BCUT2D eigenvalue weighted by Gasteiger charge is 2.29. The minimum Gasteiger partial charge on any atom is -0.467 e. The molecule has 0 radical (unpaired) electrons. The van der Waals surface area contributed by atoms with E-state index in [1.54, 1.807) is 30.2 Å². The van der Waals surface area contributed by atoms with E-state index in [0.29, 0.717) is 22.9 Å². The van der Waals surface area contributed by atoms with Crippen molar-refractivity contribution in [3.63, 3.8) is 0 Å². The van der Waals surface area contributed by atoms with Crippen molar-refractivity contribution in [1.82, 2.24) is 10.6 Å². The highest BCUT2D eigenvalue weighted by Crippen LogP contribution is 2.36. The molecule has 0 saturated heterocycles. The second-order valence-electron chi connectivity index (χ2n) is 6.08. The SMILES string of the molecule is CSc1ccc([C@H]2CC(=O)NC(SCC(=O)NCc3ccco3)=C2C#N)cc1. The van der Waals surface area contributed by atoms with Crippen LogP contribution in [0.4, 0.5) is 0 Å². The van der Waals surface area contributed by atoms with Crippen LogP contribution in [-0.4, -0.2) is 23.8 Å². The molecule has 6 nitrogen and oxygen atoms in total. The van der Waals surface area contributed by atoms with Gasteiger partial charge in [0.05, 0.1) is 35.2 Å². The Morgan fingerprint density at radius 1 is 1.36 bits per heavy atom. The minimum absolute atomic E-state index is 0.0969. The van der Waals surface area contributed by atoms with Crippen molar-refractivity contribution < 1.29 is 14.0 Å². The topological polar surface area (TPSA) is 95.1 Å². The molecule has 1 aliphatic rings. The van der Waals surface area contributed by atoms with E-state index in [2.05, 4.69) is 16.7 Å². The average molecular weight is 414 g/mol. The predicted molar refractivity (Wildman–Crippen MR) is 109 cm³/mol. The number of carbonyl (C=O) groups excluding carboxylic acids is 2. The van der Waals surface area contributed by atoms with Gasteiger partial charge in [0, 0.05) is 17.2 Å². The number of thioether (sulfide) groups is 2. The molecular formula is C20H19N3O3S2. The van der Waals surface area contributed by atoms with Gasteiger partial charge in [-0.05, 0) is 36.1 Å². The van der Waals surface area contributed by atoms with E-state index in [9.17, 15) is 14.9 Å². The molecule has 0 saturated carbocycles. The molecule has 2 aromatic rings. The van der Waals surface area contributed by atoms with Gasteiger partial charge in [-0.3, -0.25) is 9.59 Å². The molecule has 2 amide bonds. The molecule has 1 aromatic heterocycles. The zero-order valence-electron chi connectivity index (χ0n) is 15.2. The third kappa shape index (κ3) is 5.00. The largest absolute Gasteiger partial charge is 0.467 e. The van der Waals surface area contributed by atoms with Crippen LogP contribution in [0.15, 0.2) is 62.6 Å². The highest BCUT2D eigenvalue weighted by molar-refractivity contribution is 8.03. The maximum Gasteiger partial charge on any atom is 0.230 e. The average Bonchev–Trinajstić information content (AvgIpc) is 3.24. The summed E-state index contributed by atoms with van der Waals surface area (Å²) in [6.07, 6.45) is 3.76. The monoisotopic (exact) mass is 413 g/mol. The summed E-state index contributed by atoms with van der Waals surface area (Å²) < 4.78 is 5.17. The summed E-state index contributed by atoms with van der Waals surface area (Å²) in [6.45, 7) is 0.299. The number of hydrogen-bond donors (Lipinski definition) is 2. The molecule has 0 fully saturated rings. The number of nitrogens with one attached hydrogen (secondary N) is 2. The quantitative estimate of drug-likeness (QED) is 0.676. The van der Waals surface area contributed by atoms with Gasteiger partial charge in [-0.15, -0.1) is 11.8 Å². The lowest BCUT2D eigenvalue weighted by Gasteiger charge is -2.25. The Kier molecular flexibility index (Phi) is 6.85. The van der Waals surface area contributed by atoms with Crippen LogP contribution in [0.1, 0.15) is 23.7 Å². The third-order valence-corrected chi connectivity index (χ3v) is 6.02. The molecule has 3 rings (SSSR count). The molecule has 1 aliphatic heterocycles. The predicted octanol–water partition coefficient (Wildman–Crippen LogP) is 3.39. The number of allylic oxidation sites excluding steroid dienone is 1. The summed E-state index contributed by atoms with van der Waals surface area (Å²) >= 11 is 2.80. The fourth-order valence-corrected chi connectivity index (χ4v) is 4.16. The van der Waals surface area contributed by atoms with Crippen LogP contribution in [-0.2, 0) is 16.1 Å². The summed E-state index contributed by atoms with van der Waals surface area (Å²) in [4.78, 5) is 25.4. The van der Waals surface area contributed by atoms with Crippen molar-refractivity contribution >= 4 is 35.3 Å². The maximum atomic E-state index is 12.2. The first kappa shape index (κ1) is 20.1. The van der Waals surface area contributed by atoms with Crippen LogP contribution in [0.25, 0.3) is 0 Å². The van der Waals surface area contributed by atoms with Crippen molar-refractivity contribution in [2.24, 2.45) is 0 Å². The number of furan rings is 1. The number of nitriles is 1. The van der Waals surface area contributed by atoms with Gasteiger partial charge >= 0.3 is 0 Å². The van der Waals surface area contributed by atoms with Gasteiger partial charge in [-0.2, -0.15) is 5.26 Å². The molecule has 0 aliphatic carbocycles. The van der Waals surface area contributed by atoms with Crippen LogP contribution in [0.3, 0.4) is 0 Å². The molecule has 2 N–H and O–H groups in total. The number of hydrogen-bond acceptors (Lipinski definition) is 6. The number of nitrogens with zero attached hydrogens (tertiary/aromatic N) is 1. The Bertz CT molecular complexity index is 915. The van der Waals surface area contributed by atoms with E-state index >= 15 is 0 Å². The summed E-state index contributed by atoms with van der Waals surface area (Å²) in [7, 11) is 0. The molecule has 28 heavy (non-hydrogen) atoms. The molecular weight excluding hydrogens is 394 g/mol. The second kappa shape index (κ2) is 9.53. The Morgan fingerprint density at radius 2 is 2.14 bits per heavy atom. The molecule has 0 bridgehead atoms. The van der Waals surface area contributed by atoms with Crippen molar-refractivity contribution in [1.29, 1.82) is 5.26 Å². The Morgan fingerprint density at radius 3 is 2.79 bits per heavy atom. The third-order valence-electron chi connectivity index (χ3n) is 4.26. The number of rotatable bonds is 7. The van der Waals surface area contributed by atoms with Gasteiger partial charge in [-0.25, -0.2) is 0 Å². The van der Waals surface area contributed by atoms with E-state index in [1.807, 2.05) is 30.5 Å². The molecule has 1 atom stereocenters. The van der Waals surface area contributed by atoms with E-state index < -0.39 is 0 Å². The summed E-state index contributed by atoms with van der Waals surface area (Å²) in [5, 5.41) is 15.6. The van der Waals surface area contributed by atoms with Crippen LogP contribution in [0, 0.1) is 11.3 Å². The molecule has 1 aromatic carbocycles. The van der Waals surface area contributed by atoms with E-state index in [4.69, 9.17) is 4.42 Å². The molecule has 0 spiro atoms. The zero-order chi connectivity index (χ0) is 19.9. The van der Waals surface area contributed by atoms with Gasteiger partial charge in [0.2, 0.25) is 11.8 Å². The molecule has 8 heteroatoms. The van der Waals surface area contributed by atoms with Crippen molar-refractivity contribution in [3.8, 4) is 6.07 Å². The highest BCUT2D eigenvalue weighted by atomic mass is 32.2. The maximum absolute atomic E-state index is 12.2. The van der Waals surface area contributed by atoms with E-state index in [-0.39, 0.29) is 29.9 Å². The lowest BCUT2D eigenvalue weighted by atomic mass is 9.87. The Labute approximate surface area is 171 Å². The van der Waals surface area contributed by atoms with E-state index in [1.165, 1.54) is 0 Å². The summed E-state index contributed by atoms with van der Waals surface area (Å²) in [5.74, 6) is 0.0984. The fourth-order valence-electron chi connectivity index (χ4n) is 2.84. The minimum atomic E-state index is -0.302. The lowest BCUT2D eigenvalue weighted by molar-refractivity contribution is -0.121. The molecule has 2 heterocycles. The van der Waals surface area contributed by atoms with E-state index in [0.717, 1.165) is 22.2 Å². The van der Waals surface area contributed by atoms with Crippen molar-refractivity contribution in [2.75, 3.05) is 12.0 Å². The molecule has 144 valence electrons. The van der Waals surface area contributed by atoms with Gasteiger partial charge in [0.25, 0.3) is 0 Å². The second-order valence-corrected chi connectivity index (χ2v) is 7.94. The fraction of sp³-hybridized carbons (Fsp3) is 0.250. The lowest BCUT2D eigenvalue weighted by Crippen LogP contribution is -2.32. The van der Waals surface area contributed by atoms with Crippen molar-refractivity contribution in [3.05, 3.63) is 64.6 Å². The molecule has 0 unspecified atom stereocenters. The van der Waals surface area contributed by atoms with Crippen molar-refractivity contribution in [2.45, 2.75) is 23.8 Å². The Hall–Kier alpha value is -2.63. The summed E-state index contributed by atoms with van der Waals surface area (Å²) in [5.41, 5.74) is 1.41. The number of benzene rings is 1. The van der Waals surface area contributed by atoms with Crippen LogP contribution >= 0.6 is 23.5 Å². The first-order valence-electron chi connectivity index (χ1n) is 8.60. The first-order valence-corrected chi connectivity index (χ1v) is 10.8. The Balaban J connectivity index is 1.69. The van der Waals surface area contributed by atoms with Crippen LogP contribution in [0.5, 0.6) is 0 Å². The van der Waals surface area contributed by atoms with Gasteiger partial charge in [0.15, 0.2) is 0 Å². The van der Waals surface area contributed by atoms with Gasteiger partial charge in [0.1, 0.15) is 5.76 Å². The number of amides is 2. The normalized spacial score (nSPS) is 16.4. The summed E-state index contributed by atoms with van der Waals surface area (Å²) in [6, 6.07) is 13.6. The number of carbonyl (C=O) groups is 2. The van der Waals surface area contributed by atoms with Crippen LogP contribution in [0.2, 0.25) is 0 Å². The first-order chi connectivity index (χ1) is 13.6.